The molecule has 3 aromatic rings. The zero-order valence-electron chi connectivity index (χ0n) is 19.3. The molecule has 0 atom stereocenters. The molecule has 0 unspecified atom stereocenters. The number of benzene rings is 1. The van der Waals surface area contributed by atoms with Crippen molar-refractivity contribution in [2.24, 2.45) is 11.7 Å². The van der Waals surface area contributed by atoms with E-state index in [1.54, 1.807) is 30.3 Å². The Morgan fingerprint density at radius 3 is 2.37 bits per heavy atom. The average molecular weight is 540 g/mol. The molecule has 1 saturated carbocycles. The van der Waals surface area contributed by atoms with E-state index in [0.717, 1.165) is 29.7 Å². The highest BCUT2D eigenvalue weighted by atomic mass is 35.5. The summed E-state index contributed by atoms with van der Waals surface area (Å²) in [6, 6.07) is 8.39. The molecule has 35 heavy (non-hydrogen) atoms. The van der Waals surface area contributed by atoms with Gasteiger partial charge in [-0.25, -0.2) is 16.8 Å². The zero-order chi connectivity index (χ0) is 25.5. The topological polar surface area (TPSA) is 141 Å². The van der Waals surface area contributed by atoms with Gasteiger partial charge in [0.1, 0.15) is 21.4 Å². The minimum absolute atomic E-state index is 0.0600. The van der Waals surface area contributed by atoms with E-state index in [4.69, 9.17) is 21.8 Å². The molecule has 4 rings (SSSR count). The third kappa shape index (κ3) is 5.96. The molecule has 9 nitrogen and oxygen atoms in total. The number of nitrogens with zero attached hydrogens (tertiary/aromatic N) is 2. The highest BCUT2D eigenvalue weighted by Crippen LogP contribution is 2.40. The van der Waals surface area contributed by atoms with Gasteiger partial charge in [0.05, 0.1) is 23.0 Å². The second kappa shape index (κ2) is 9.44. The molecule has 2 N–H and O–H groups in total. The number of pyridine rings is 1. The molecule has 0 spiro atoms. The van der Waals surface area contributed by atoms with Crippen molar-refractivity contribution in [3.63, 3.8) is 0 Å². The average Bonchev–Trinajstić information content (AvgIpc) is 3.47. The van der Waals surface area contributed by atoms with E-state index in [0.29, 0.717) is 33.9 Å². The Hall–Kier alpha value is -2.63. The molecule has 0 aliphatic heterocycles. The summed E-state index contributed by atoms with van der Waals surface area (Å²) in [5.74, 6) is -0.0900. The van der Waals surface area contributed by atoms with Crippen LogP contribution in [0, 0.1) is 5.92 Å². The third-order valence-corrected chi connectivity index (χ3v) is 8.25. The normalized spacial score (nSPS) is 14.4. The number of hydrogen-bond donors (Lipinski definition) is 1. The van der Waals surface area contributed by atoms with Crippen LogP contribution in [0.2, 0.25) is 5.02 Å². The van der Waals surface area contributed by atoms with Gasteiger partial charge in [-0.05, 0) is 67.5 Å². The van der Waals surface area contributed by atoms with Gasteiger partial charge < -0.3 is 10.2 Å². The number of hydrogen-bond acceptors (Lipinski definition) is 7. The number of carbonyl (C=O) groups excluding carboxylic acids is 1. The molecule has 2 heterocycles. The van der Waals surface area contributed by atoms with E-state index in [-0.39, 0.29) is 41.6 Å². The van der Waals surface area contributed by atoms with Crippen molar-refractivity contribution < 1.29 is 26.0 Å². The van der Waals surface area contributed by atoms with Gasteiger partial charge in [-0.2, -0.15) is 4.98 Å². The number of amides is 1. The second-order valence-corrected chi connectivity index (χ2v) is 13.6. The van der Waals surface area contributed by atoms with Crippen molar-refractivity contribution >= 4 is 54.3 Å². The first kappa shape index (κ1) is 25.5. The number of rotatable bonds is 10. The molecular formula is C23H26ClN3O6S2. The molecule has 1 aliphatic carbocycles. The number of sulfone groups is 1. The van der Waals surface area contributed by atoms with Gasteiger partial charge in [-0.15, -0.1) is 0 Å². The molecule has 188 valence electrons. The zero-order valence-corrected chi connectivity index (χ0v) is 21.7. The summed E-state index contributed by atoms with van der Waals surface area (Å²) in [6.07, 6.45) is 4.84. The van der Waals surface area contributed by atoms with E-state index in [9.17, 15) is 21.6 Å². The van der Waals surface area contributed by atoms with Gasteiger partial charge in [0.15, 0.2) is 0 Å². The van der Waals surface area contributed by atoms with Gasteiger partial charge in [0.25, 0.3) is 5.91 Å². The first-order valence-electron chi connectivity index (χ1n) is 11.0. The molecule has 1 amide bonds. The number of halogens is 1. The Morgan fingerprint density at radius 2 is 1.83 bits per heavy atom. The van der Waals surface area contributed by atoms with Crippen LogP contribution in [0.25, 0.3) is 22.4 Å². The number of carbonyl (C=O) groups is 1. The van der Waals surface area contributed by atoms with Crippen molar-refractivity contribution in [3.05, 3.63) is 46.5 Å². The lowest BCUT2D eigenvalue weighted by molar-refractivity contribution is 0.100. The van der Waals surface area contributed by atoms with Crippen LogP contribution in [0.3, 0.4) is 0 Å². The van der Waals surface area contributed by atoms with E-state index in [1.807, 2.05) is 0 Å². The SMILES string of the molecule is CS(=O)(=O)CCCN(c1nc2oc(-c3ccc(Cl)cc3)c(C(N)=O)c2cc1CC1CC1)S(C)(=O)=O. The number of furan rings is 1. The summed E-state index contributed by atoms with van der Waals surface area (Å²) >= 11 is 5.99. The highest BCUT2D eigenvalue weighted by Gasteiger charge is 2.30. The van der Waals surface area contributed by atoms with Crippen molar-refractivity contribution in [2.75, 3.05) is 29.1 Å². The lowest BCUT2D eigenvalue weighted by atomic mass is 10.0. The summed E-state index contributed by atoms with van der Waals surface area (Å²) in [4.78, 5) is 17.0. The van der Waals surface area contributed by atoms with Gasteiger partial charge >= 0.3 is 0 Å². The van der Waals surface area contributed by atoms with Crippen molar-refractivity contribution in [2.45, 2.75) is 25.7 Å². The van der Waals surface area contributed by atoms with Crippen LogP contribution >= 0.6 is 11.6 Å². The number of primary amides is 1. The molecule has 0 saturated heterocycles. The molecule has 2 aromatic heterocycles. The largest absolute Gasteiger partial charge is 0.437 e. The number of aromatic nitrogens is 1. The van der Waals surface area contributed by atoms with Gasteiger partial charge in [0, 0.05) is 23.4 Å². The monoisotopic (exact) mass is 539 g/mol. The minimum Gasteiger partial charge on any atom is -0.437 e. The van der Waals surface area contributed by atoms with Crippen LogP contribution in [0.5, 0.6) is 0 Å². The molecule has 0 radical (unpaired) electrons. The maximum Gasteiger partial charge on any atom is 0.253 e. The first-order valence-corrected chi connectivity index (χ1v) is 15.3. The van der Waals surface area contributed by atoms with E-state index in [2.05, 4.69) is 4.98 Å². The molecular weight excluding hydrogens is 514 g/mol. The van der Waals surface area contributed by atoms with E-state index < -0.39 is 25.8 Å². The van der Waals surface area contributed by atoms with E-state index >= 15 is 0 Å². The summed E-state index contributed by atoms with van der Waals surface area (Å²) < 4.78 is 55.7. The van der Waals surface area contributed by atoms with Gasteiger partial charge in [0.2, 0.25) is 15.7 Å². The number of fused-ring (bicyclic) bond motifs is 1. The van der Waals surface area contributed by atoms with E-state index in [1.165, 1.54) is 0 Å². The fraction of sp³-hybridized carbons (Fsp3) is 0.391. The number of nitrogens with two attached hydrogens (primary N) is 1. The molecule has 1 aliphatic rings. The third-order valence-electron chi connectivity index (χ3n) is 5.81. The Bertz CT molecular complexity index is 1490. The Morgan fingerprint density at radius 1 is 1.17 bits per heavy atom. The summed E-state index contributed by atoms with van der Waals surface area (Å²) in [5.41, 5.74) is 7.14. The highest BCUT2D eigenvalue weighted by molar-refractivity contribution is 7.92. The van der Waals surface area contributed by atoms with Crippen LogP contribution < -0.4 is 10.0 Å². The van der Waals surface area contributed by atoms with Crippen LogP contribution in [-0.4, -0.2) is 52.5 Å². The van der Waals surface area contributed by atoms with Gasteiger partial charge in [-0.1, -0.05) is 11.6 Å². The van der Waals surface area contributed by atoms with Crippen LogP contribution in [0.1, 0.15) is 35.2 Å². The molecule has 1 fully saturated rings. The van der Waals surface area contributed by atoms with Crippen molar-refractivity contribution in [3.8, 4) is 11.3 Å². The van der Waals surface area contributed by atoms with Crippen LogP contribution in [0.15, 0.2) is 34.7 Å². The Balaban J connectivity index is 1.88. The van der Waals surface area contributed by atoms with Gasteiger partial charge in [-0.3, -0.25) is 9.10 Å². The standard InChI is InChI=1S/C23H26ClN3O6S2/c1-34(29,30)11-3-10-27(35(2,31)32)22-16(12-14-4-5-14)13-18-19(21(25)28)20(33-23(18)26-22)15-6-8-17(24)9-7-15/h6-9,13-14H,3-5,10-12H2,1-2H3,(H2,25,28). The fourth-order valence-electron chi connectivity index (χ4n) is 4.00. The number of sulfonamides is 1. The molecule has 0 bridgehead atoms. The van der Waals surface area contributed by atoms with Crippen molar-refractivity contribution in [1.82, 2.24) is 4.98 Å². The second-order valence-electron chi connectivity index (χ2n) is 8.97. The fourth-order valence-corrected chi connectivity index (χ4v) is 5.72. The first-order chi connectivity index (χ1) is 16.3. The maximum atomic E-state index is 12.7. The predicted octanol–water partition coefficient (Wildman–Crippen LogP) is 3.40. The minimum atomic E-state index is -3.79. The lowest BCUT2D eigenvalue weighted by Crippen LogP contribution is -2.33. The van der Waals surface area contributed by atoms with Crippen molar-refractivity contribution in [1.29, 1.82) is 0 Å². The van der Waals surface area contributed by atoms with Crippen LogP contribution in [-0.2, 0) is 26.3 Å². The Kier molecular flexibility index (Phi) is 6.87. The summed E-state index contributed by atoms with van der Waals surface area (Å²) in [6.45, 7) is -0.0600. The number of anilines is 1. The molecule has 1 aromatic carbocycles. The van der Waals surface area contributed by atoms with Crippen LogP contribution in [0.4, 0.5) is 5.82 Å². The summed E-state index contributed by atoms with van der Waals surface area (Å²) in [7, 11) is -7.06. The predicted molar refractivity (Wildman–Crippen MR) is 136 cm³/mol. The molecule has 12 heteroatoms. The smallest absolute Gasteiger partial charge is 0.253 e. The lowest BCUT2D eigenvalue weighted by Gasteiger charge is -2.23. The quantitative estimate of drug-likeness (QED) is 0.416. The maximum absolute atomic E-state index is 12.7. The summed E-state index contributed by atoms with van der Waals surface area (Å²) in [5, 5.41) is 0.905. The Labute approximate surface area is 209 Å².